The number of carbonyl (C=O) groups excluding carboxylic acids is 3. The van der Waals surface area contributed by atoms with Gasteiger partial charge in [0, 0.05) is 24.0 Å². The SMILES string of the molecule is CC(OC(=O)c1ccccc1SCC(=O)N(C)C1CCCCC1)C(=O)NC1CCCCC1. The quantitative estimate of drug-likeness (QED) is 0.454. The highest BCUT2D eigenvalue weighted by atomic mass is 32.2. The summed E-state index contributed by atoms with van der Waals surface area (Å²) in [5.74, 6) is -0.438. The third-order valence-electron chi connectivity index (χ3n) is 6.58. The molecule has 6 nitrogen and oxygen atoms in total. The van der Waals surface area contributed by atoms with Gasteiger partial charge in [0.2, 0.25) is 5.91 Å². The fourth-order valence-corrected chi connectivity index (χ4v) is 5.48. The summed E-state index contributed by atoms with van der Waals surface area (Å²) in [6.45, 7) is 1.61. The van der Waals surface area contributed by atoms with Crippen molar-refractivity contribution in [3.63, 3.8) is 0 Å². The molecule has 1 aromatic rings. The maximum absolute atomic E-state index is 12.8. The van der Waals surface area contributed by atoms with Gasteiger partial charge in [-0.15, -0.1) is 11.8 Å². The molecule has 0 radical (unpaired) electrons. The lowest BCUT2D eigenvalue weighted by molar-refractivity contribution is -0.130. The van der Waals surface area contributed by atoms with Crippen LogP contribution < -0.4 is 5.32 Å². The molecule has 2 saturated carbocycles. The monoisotopic (exact) mass is 460 g/mol. The smallest absolute Gasteiger partial charge is 0.340 e. The fraction of sp³-hybridized carbons (Fsp3) is 0.640. The van der Waals surface area contributed by atoms with Crippen LogP contribution in [0.2, 0.25) is 0 Å². The molecule has 176 valence electrons. The Kier molecular flexibility index (Phi) is 9.45. The van der Waals surface area contributed by atoms with Gasteiger partial charge in [0.05, 0.1) is 11.3 Å². The van der Waals surface area contributed by atoms with Gasteiger partial charge in [-0.25, -0.2) is 4.79 Å². The minimum atomic E-state index is -0.860. The van der Waals surface area contributed by atoms with E-state index in [4.69, 9.17) is 4.74 Å². The molecule has 3 rings (SSSR count). The van der Waals surface area contributed by atoms with Crippen LogP contribution >= 0.6 is 11.8 Å². The number of ether oxygens (including phenoxy) is 1. The first-order valence-corrected chi connectivity index (χ1v) is 12.9. The van der Waals surface area contributed by atoms with Gasteiger partial charge in [0.1, 0.15) is 0 Å². The molecule has 1 atom stereocenters. The summed E-state index contributed by atoms with van der Waals surface area (Å²) in [6, 6.07) is 7.61. The molecule has 1 unspecified atom stereocenters. The Labute approximate surface area is 195 Å². The predicted molar refractivity (Wildman–Crippen MR) is 127 cm³/mol. The van der Waals surface area contributed by atoms with Crippen LogP contribution in [0.15, 0.2) is 29.2 Å². The number of nitrogens with zero attached hydrogens (tertiary/aromatic N) is 1. The summed E-state index contributed by atoms with van der Waals surface area (Å²) < 4.78 is 5.47. The Morgan fingerprint density at radius 3 is 2.34 bits per heavy atom. The average molecular weight is 461 g/mol. The molecule has 1 N–H and O–H groups in total. The van der Waals surface area contributed by atoms with Crippen molar-refractivity contribution in [1.29, 1.82) is 0 Å². The van der Waals surface area contributed by atoms with Crippen LogP contribution in [0.4, 0.5) is 0 Å². The van der Waals surface area contributed by atoms with Crippen LogP contribution in [-0.2, 0) is 14.3 Å². The molecule has 0 aliphatic heterocycles. The fourth-order valence-electron chi connectivity index (χ4n) is 4.52. The van der Waals surface area contributed by atoms with Crippen LogP contribution in [0.1, 0.15) is 81.5 Å². The van der Waals surface area contributed by atoms with E-state index in [-0.39, 0.29) is 23.6 Å². The van der Waals surface area contributed by atoms with Crippen LogP contribution in [0.25, 0.3) is 0 Å². The molecule has 2 fully saturated rings. The van der Waals surface area contributed by atoms with Crippen molar-refractivity contribution in [2.24, 2.45) is 0 Å². The Morgan fingerprint density at radius 1 is 1.03 bits per heavy atom. The first kappa shape index (κ1) is 24.6. The van der Waals surface area contributed by atoms with Gasteiger partial charge in [-0.2, -0.15) is 0 Å². The summed E-state index contributed by atoms with van der Waals surface area (Å²) in [7, 11) is 1.88. The van der Waals surface area contributed by atoms with E-state index in [1.807, 2.05) is 24.1 Å². The molecule has 1 aromatic carbocycles. The van der Waals surface area contributed by atoms with E-state index < -0.39 is 12.1 Å². The maximum Gasteiger partial charge on any atom is 0.340 e. The third kappa shape index (κ3) is 6.99. The number of amides is 2. The second-order valence-corrected chi connectivity index (χ2v) is 9.99. The Hall–Kier alpha value is -2.02. The van der Waals surface area contributed by atoms with E-state index in [9.17, 15) is 14.4 Å². The third-order valence-corrected chi connectivity index (χ3v) is 7.64. The topological polar surface area (TPSA) is 75.7 Å². The number of esters is 1. The molecule has 32 heavy (non-hydrogen) atoms. The predicted octanol–water partition coefficient (Wildman–Crippen LogP) is 4.56. The molecule has 2 aliphatic rings. The second kappa shape index (κ2) is 12.3. The van der Waals surface area contributed by atoms with E-state index in [1.54, 1.807) is 19.1 Å². The van der Waals surface area contributed by atoms with Crippen molar-refractivity contribution in [2.45, 2.75) is 94.2 Å². The van der Waals surface area contributed by atoms with E-state index >= 15 is 0 Å². The molecule has 2 amide bonds. The molecule has 0 bridgehead atoms. The molecule has 0 spiro atoms. The number of carbonyl (C=O) groups is 3. The normalized spacial score (nSPS) is 18.6. The number of hydrogen-bond acceptors (Lipinski definition) is 5. The molecule has 7 heteroatoms. The number of rotatable bonds is 8. The summed E-state index contributed by atoms with van der Waals surface area (Å²) in [5, 5.41) is 3.00. The number of nitrogens with one attached hydrogen (secondary N) is 1. The lowest BCUT2D eigenvalue weighted by atomic mass is 9.94. The minimum Gasteiger partial charge on any atom is -0.449 e. The van der Waals surface area contributed by atoms with Gasteiger partial charge in [-0.1, -0.05) is 50.7 Å². The zero-order valence-corrected chi connectivity index (χ0v) is 20.1. The molecule has 0 saturated heterocycles. The van der Waals surface area contributed by atoms with Crippen molar-refractivity contribution >= 4 is 29.5 Å². The molecule has 2 aliphatic carbocycles. The first-order chi connectivity index (χ1) is 15.5. The van der Waals surface area contributed by atoms with Gasteiger partial charge in [-0.05, 0) is 44.7 Å². The van der Waals surface area contributed by atoms with Crippen molar-refractivity contribution in [2.75, 3.05) is 12.8 Å². The lowest BCUT2D eigenvalue weighted by Crippen LogP contribution is -2.42. The minimum absolute atomic E-state index is 0.0744. The summed E-state index contributed by atoms with van der Waals surface area (Å²) >= 11 is 1.35. The highest BCUT2D eigenvalue weighted by Crippen LogP contribution is 2.26. The molecular formula is C25H36N2O4S. The molecule has 0 aromatic heterocycles. The van der Waals surface area contributed by atoms with Gasteiger partial charge in [-0.3, -0.25) is 9.59 Å². The van der Waals surface area contributed by atoms with Gasteiger partial charge in [0.15, 0.2) is 6.10 Å². The van der Waals surface area contributed by atoms with Crippen LogP contribution in [0, 0.1) is 0 Å². The lowest BCUT2D eigenvalue weighted by Gasteiger charge is -2.31. The maximum atomic E-state index is 12.8. The average Bonchev–Trinajstić information content (AvgIpc) is 2.83. The Morgan fingerprint density at radius 2 is 1.66 bits per heavy atom. The number of hydrogen-bond donors (Lipinski definition) is 1. The first-order valence-electron chi connectivity index (χ1n) is 11.9. The Balaban J connectivity index is 1.53. The zero-order valence-electron chi connectivity index (χ0n) is 19.3. The van der Waals surface area contributed by atoms with Crippen molar-refractivity contribution in [1.82, 2.24) is 10.2 Å². The van der Waals surface area contributed by atoms with E-state index in [2.05, 4.69) is 5.32 Å². The van der Waals surface area contributed by atoms with Crippen molar-refractivity contribution in [3.05, 3.63) is 29.8 Å². The summed E-state index contributed by atoms with van der Waals surface area (Å²) in [5.41, 5.74) is 0.392. The van der Waals surface area contributed by atoms with E-state index in [1.165, 1.54) is 37.4 Å². The van der Waals surface area contributed by atoms with Gasteiger partial charge >= 0.3 is 5.97 Å². The van der Waals surface area contributed by atoms with Crippen LogP contribution in [0.5, 0.6) is 0 Å². The molecule has 0 heterocycles. The number of thioether (sulfide) groups is 1. The van der Waals surface area contributed by atoms with Gasteiger partial charge < -0.3 is 15.0 Å². The zero-order chi connectivity index (χ0) is 22.9. The highest BCUT2D eigenvalue weighted by molar-refractivity contribution is 8.00. The standard InChI is InChI=1S/C25H36N2O4S/c1-18(24(29)26-19-11-5-3-6-12-19)31-25(30)21-15-9-10-16-22(21)32-17-23(28)27(2)20-13-7-4-8-14-20/h9-10,15-16,18-20H,3-8,11-14,17H2,1-2H3,(H,26,29). The summed E-state index contributed by atoms with van der Waals surface area (Å²) in [4.78, 5) is 40.5. The van der Waals surface area contributed by atoms with E-state index in [0.29, 0.717) is 16.5 Å². The Bertz CT molecular complexity index is 788. The largest absolute Gasteiger partial charge is 0.449 e. The van der Waals surface area contributed by atoms with Crippen molar-refractivity contribution in [3.8, 4) is 0 Å². The second-order valence-electron chi connectivity index (χ2n) is 8.97. The number of benzene rings is 1. The van der Waals surface area contributed by atoms with E-state index in [0.717, 1.165) is 38.5 Å². The van der Waals surface area contributed by atoms with Crippen molar-refractivity contribution < 1.29 is 19.1 Å². The van der Waals surface area contributed by atoms with Crippen LogP contribution in [0.3, 0.4) is 0 Å². The van der Waals surface area contributed by atoms with Gasteiger partial charge in [0.25, 0.3) is 5.91 Å². The van der Waals surface area contributed by atoms with Crippen LogP contribution in [-0.4, -0.2) is 53.7 Å². The summed E-state index contributed by atoms with van der Waals surface area (Å²) in [6.07, 6.45) is 10.3. The molecular weight excluding hydrogens is 424 g/mol. The highest BCUT2D eigenvalue weighted by Gasteiger charge is 2.25.